The molecular weight excluding hydrogens is 292 g/mol. The molecule has 2 aromatic rings. The number of rotatable bonds is 2. The monoisotopic (exact) mass is 304 g/mol. The Hall–Kier alpha value is -1.47. The minimum atomic E-state index is -4.59. The minimum absolute atomic E-state index is 0.109. The van der Waals surface area contributed by atoms with Gasteiger partial charge in [0.15, 0.2) is 0 Å². The Morgan fingerprint density at radius 3 is 2.40 bits per heavy atom. The second-order valence-corrected chi connectivity index (χ2v) is 5.51. The number of thiazole rings is 1. The number of benzene rings is 1. The van der Waals surface area contributed by atoms with E-state index in [1.54, 1.807) is 13.8 Å². The van der Waals surface area contributed by atoms with Crippen molar-refractivity contribution in [2.75, 3.05) is 0 Å². The molecule has 108 valence electrons. The lowest BCUT2D eigenvalue weighted by molar-refractivity contribution is -0.137. The van der Waals surface area contributed by atoms with Crippen LogP contribution in [0.15, 0.2) is 18.2 Å². The zero-order valence-corrected chi connectivity index (χ0v) is 11.6. The fourth-order valence-corrected chi connectivity index (χ4v) is 2.84. The van der Waals surface area contributed by atoms with E-state index in [4.69, 9.17) is 5.73 Å². The Balaban J connectivity index is 2.53. The summed E-state index contributed by atoms with van der Waals surface area (Å²) < 4.78 is 51.4. The van der Waals surface area contributed by atoms with Crippen LogP contribution in [-0.4, -0.2) is 4.98 Å². The maximum Gasteiger partial charge on any atom is 0.416 e. The molecule has 1 aromatic heterocycles. The summed E-state index contributed by atoms with van der Waals surface area (Å²) in [5.41, 5.74) is 5.49. The van der Waals surface area contributed by atoms with Gasteiger partial charge in [-0.3, -0.25) is 0 Å². The van der Waals surface area contributed by atoms with Gasteiger partial charge < -0.3 is 5.73 Å². The molecule has 1 unspecified atom stereocenters. The summed E-state index contributed by atoms with van der Waals surface area (Å²) in [7, 11) is 0. The smallest absolute Gasteiger partial charge is 0.323 e. The van der Waals surface area contributed by atoms with Crippen molar-refractivity contribution in [3.8, 4) is 10.6 Å². The molecule has 0 amide bonds. The Morgan fingerprint density at radius 2 is 1.90 bits per heavy atom. The van der Waals surface area contributed by atoms with Crippen LogP contribution in [0.1, 0.15) is 29.1 Å². The molecule has 7 heteroatoms. The second-order valence-electron chi connectivity index (χ2n) is 4.48. The highest BCUT2D eigenvalue weighted by Crippen LogP contribution is 2.36. The van der Waals surface area contributed by atoms with Crippen LogP contribution in [0.2, 0.25) is 0 Å². The summed E-state index contributed by atoms with van der Waals surface area (Å²) in [4.78, 5) is 4.95. The Labute approximate surface area is 117 Å². The van der Waals surface area contributed by atoms with Crippen molar-refractivity contribution in [3.05, 3.63) is 40.2 Å². The summed E-state index contributed by atoms with van der Waals surface area (Å²) in [5, 5.41) is 0.333. The van der Waals surface area contributed by atoms with E-state index in [1.165, 1.54) is 11.3 Å². The number of aryl methyl sites for hydroxylation is 1. The lowest BCUT2D eigenvalue weighted by Gasteiger charge is -2.08. The first-order valence-electron chi connectivity index (χ1n) is 5.79. The molecule has 0 saturated heterocycles. The van der Waals surface area contributed by atoms with E-state index in [2.05, 4.69) is 4.98 Å². The predicted octanol–water partition coefficient (Wildman–Crippen LogP) is 4.30. The van der Waals surface area contributed by atoms with Crippen molar-refractivity contribution in [3.63, 3.8) is 0 Å². The van der Waals surface area contributed by atoms with Gasteiger partial charge in [-0.05, 0) is 32.0 Å². The van der Waals surface area contributed by atoms with Gasteiger partial charge in [-0.1, -0.05) is 0 Å². The lowest BCUT2D eigenvalue weighted by Crippen LogP contribution is -2.05. The molecule has 2 rings (SSSR count). The predicted molar refractivity (Wildman–Crippen MR) is 69.8 cm³/mol. The summed E-state index contributed by atoms with van der Waals surface area (Å²) in [6, 6.07) is 2.14. The highest BCUT2D eigenvalue weighted by atomic mass is 32.1. The van der Waals surface area contributed by atoms with Crippen molar-refractivity contribution in [1.82, 2.24) is 4.98 Å². The van der Waals surface area contributed by atoms with Gasteiger partial charge in [0.05, 0.1) is 11.3 Å². The van der Waals surface area contributed by atoms with Crippen LogP contribution in [0.25, 0.3) is 10.6 Å². The fraction of sp³-hybridized carbons (Fsp3) is 0.308. The average Bonchev–Trinajstić information content (AvgIpc) is 2.69. The van der Waals surface area contributed by atoms with Gasteiger partial charge in [-0.2, -0.15) is 13.2 Å². The van der Waals surface area contributed by atoms with E-state index in [1.807, 2.05) is 0 Å². The number of aromatic nitrogens is 1. The molecule has 0 spiro atoms. The minimum Gasteiger partial charge on any atom is -0.323 e. The highest BCUT2D eigenvalue weighted by molar-refractivity contribution is 7.15. The Morgan fingerprint density at radius 1 is 1.25 bits per heavy atom. The maximum atomic E-state index is 13.4. The van der Waals surface area contributed by atoms with Crippen LogP contribution in [0.5, 0.6) is 0 Å². The number of halogens is 4. The third-order valence-electron chi connectivity index (χ3n) is 2.72. The molecule has 2 N–H and O–H groups in total. The van der Waals surface area contributed by atoms with Gasteiger partial charge in [-0.15, -0.1) is 11.3 Å². The molecule has 0 aliphatic heterocycles. The Kier molecular flexibility index (Phi) is 3.84. The number of hydrogen-bond acceptors (Lipinski definition) is 3. The van der Waals surface area contributed by atoms with Crippen LogP contribution in [0, 0.1) is 12.7 Å². The molecule has 0 aliphatic rings. The largest absolute Gasteiger partial charge is 0.416 e. The van der Waals surface area contributed by atoms with Crippen molar-refractivity contribution in [2.24, 2.45) is 5.73 Å². The first-order chi connectivity index (χ1) is 9.18. The highest BCUT2D eigenvalue weighted by Gasteiger charge is 2.31. The molecule has 1 heterocycles. The van der Waals surface area contributed by atoms with Crippen LogP contribution in [0.4, 0.5) is 17.6 Å². The molecule has 0 saturated carbocycles. The van der Waals surface area contributed by atoms with Gasteiger partial charge in [0, 0.05) is 16.5 Å². The van der Waals surface area contributed by atoms with E-state index in [-0.39, 0.29) is 11.6 Å². The van der Waals surface area contributed by atoms with E-state index >= 15 is 0 Å². The third kappa shape index (κ3) is 2.99. The zero-order chi connectivity index (χ0) is 15.1. The van der Waals surface area contributed by atoms with Crippen molar-refractivity contribution in [1.29, 1.82) is 0 Å². The van der Waals surface area contributed by atoms with E-state index in [0.29, 0.717) is 16.8 Å². The van der Waals surface area contributed by atoms with Gasteiger partial charge in [0.2, 0.25) is 0 Å². The van der Waals surface area contributed by atoms with Crippen molar-refractivity contribution in [2.45, 2.75) is 26.1 Å². The lowest BCUT2D eigenvalue weighted by atomic mass is 10.1. The Bertz CT molecular complexity index is 632. The van der Waals surface area contributed by atoms with E-state index in [0.717, 1.165) is 17.0 Å². The van der Waals surface area contributed by atoms with Crippen LogP contribution in [0.3, 0.4) is 0 Å². The van der Waals surface area contributed by atoms with E-state index < -0.39 is 17.6 Å². The molecule has 0 bridgehead atoms. The number of hydrogen-bond donors (Lipinski definition) is 1. The van der Waals surface area contributed by atoms with Crippen molar-refractivity contribution < 1.29 is 17.6 Å². The van der Waals surface area contributed by atoms with Crippen molar-refractivity contribution >= 4 is 11.3 Å². The maximum absolute atomic E-state index is 13.4. The first-order valence-corrected chi connectivity index (χ1v) is 6.61. The van der Waals surface area contributed by atoms with Gasteiger partial charge in [0.25, 0.3) is 0 Å². The molecule has 0 radical (unpaired) electrons. The SMILES string of the molecule is Cc1nc(-c2cc(F)cc(C(F)(F)F)c2)sc1C(C)N. The summed E-state index contributed by atoms with van der Waals surface area (Å²) in [6.07, 6.45) is -4.59. The molecule has 20 heavy (non-hydrogen) atoms. The zero-order valence-electron chi connectivity index (χ0n) is 10.8. The topological polar surface area (TPSA) is 38.9 Å². The average molecular weight is 304 g/mol. The number of nitrogens with zero attached hydrogens (tertiary/aromatic N) is 1. The molecule has 0 aliphatic carbocycles. The normalized spacial score (nSPS) is 13.6. The van der Waals surface area contributed by atoms with Crippen LogP contribution < -0.4 is 5.73 Å². The third-order valence-corrected chi connectivity index (χ3v) is 4.13. The quantitative estimate of drug-likeness (QED) is 0.840. The van der Waals surface area contributed by atoms with Gasteiger partial charge in [0.1, 0.15) is 10.8 Å². The van der Waals surface area contributed by atoms with Crippen LogP contribution >= 0.6 is 11.3 Å². The summed E-state index contributed by atoms with van der Waals surface area (Å²) in [6.45, 7) is 3.49. The molecule has 2 nitrogen and oxygen atoms in total. The molecular formula is C13H12F4N2S. The fourth-order valence-electron chi connectivity index (χ4n) is 1.83. The first kappa shape index (κ1) is 14.9. The molecule has 1 atom stereocenters. The summed E-state index contributed by atoms with van der Waals surface area (Å²) >= 11 is 1.18. The number of nitrogens with two attached hydrogens (primary N) is 1. The van der Waals surface area contributed by atoms with Crippen LogP contribution in [-0.2, 0) is 6.18 Å². The van der Waals surface area contributed by atoms with Gasteiger partial charge >= 0.3 is 6.18 Å². The summed E-state index contributed by atoms with van der Waals surface area (Å²) in [5.74, 6) is -0.940. The van der Waals surface area contributed by atoms with Gasteiger partial charge in [-0.25, -0.2) is 9.37 Å². The number of alkyl halides is 3. The molecule has 1 aromatic carbocycles. The standard InChI is InChI=1S/C13H12F4N2S/c1-6(18)11-7(2)19-12(20-11)8-3-9(13(15,16)17)5-10(14)4-8/h3-6H,18H2,1-2H3. The molecule has 0 fully saturated rings. The van der Waals surface area contributed by atoms with E-state index in [9.17, 15) is 17.6 Å². The second kappa shape index (κ2) is 5.14.